The van der Waals surface area contributed by atoms with Gasteiger partial charge in [-0.05, 0) is 18.8 Å². The Hall–Kier alpha value is -1.26. The zero-order chi connectivity index (χ0) is 12.7. The van der Waals surface area contributed by atoms with Crippen molar-refractivity contribution >= 4 is 11.9 Å². The highest BCUT2D eigenvalue weighted by atomic mass is 16.1. The third-order valence-electron chi connectivity index (χ3n) is 3.00. The van der Waals surface area contributed by atoms with E-state index in [0.29, 0.717) is 19.0 Å². The van der Waals surface area contributed by atoms with Crippen molar-refractivity contribution in [3.63, 3.8) is 0 Å². The zero-order valence-electron chi connectivity index (χ0n) is 10.8. The van der Waals surface area contributed by atoms with E-state index in [2.05, 4.69) is 15.6 Å². The molecule has 5 heteroatoms. The van der Waals surface area contributed by atoms with Crippen molar-refractivity contribution in [2.45, 2.75) is 33.1 Å². The summed E-state index contributed by atoms with van der Waals surface area (Å²) in [6, 6.07) is 0. The van der Waals surface area contributed by atoms with Crippen LogP contribution in [0.4, 0.5) is 0 Å². The van der Waals surface area contributed by atoms with Crippen molar-refractivity contribution < 1.29 is 4.79 Å². The second-order valence-electron chi connectivity index (χ2n) is 4.90. The lowest BCUT2D eigenvalue weighted by molar-refractivity contribution is -0.123. The molecule has 0 aliphatic heterocycles. The standard InChI is InChI=1S/C12H24N4O/c1-9(2)11(17)14-6-7-15-12(13)16-8-10-4-3-5-10/h9-10H,3-8H2,1-2H3,(H,14,17)(H3,13,15,16). The van der Waals surface area contributed by atoms with Crippen LogP contribution in [-0.4, -0.2) is 31.5 Å². The fourth-order valence-corrected chi connectivity index (χ4v) is 1.54. The molecule has 1 aliphatic carbocycles. The van der Waals surface area contributed by atoms with E-state index in [1.165, 1.54) is 19.3 Å². The summed E-state index contributed by atoms with van der Waals surface area (Å²) in [7, 11) is 0. The van der Waals surface area contributed by atoms with Crippen LogP contribution >= 0.6 is 0 Å². The molecule has 0 aromatic rings. The van der Waals surface area contributed by atoms with Crippen LogP contribution in [0, 0.1) is 11.8 Å². The van der Waals surface area contributed by atoms with Crippen molar-refractivity contribution in [1.82, 2.24) is 10.6 Å². The van der Waals surface area contributed by atoms with Gasteiger partial charge in [-0.25, -0.2) is 0 Å². The molecule has 1 aliphatic rings. The number of rotatable bonds is 6. The van der Waals surface area contributed by atoms with E-state index in [0.717, 1.165) is 12.5 Å². The van der Waals surface area contributed by atoms with E-state index in [9.17, 15) is 4.79 Å². The van der Waals surface area contributed by atoms with Crippen molar-refractivity contribution in [2.75, 3.05) is 19.6 Å². The van der Waals surface area contributed by atoms with E-state index in [-0.39, 0.29) is 11.8 Å². The Morgan fingerprint density at radius 1 is 1.35 bits per heavy atom. The molecule has 0 unspecified atom stereocenters. The van der Waals surface area contributed by atoms with Crippen LogP contribution in [0.3, 0.4) is 0 Å². The quantitative estimate of drug-likeness (QED) is 0.358. The maximum Gasteiger partial charge on any atom is 0.222 e. The van der Waals surface area contributed by atoms with Gasteiger partial charge in [-0.3, -0.25) is 9.79 Å². The minimum absolute atomic E-state index is 0.0274. The molecule has 1 saturated carbocycles. The maximum absolute atomic E-state index is 11.2. The summed E-state index contributed by atoms with van der Waals surface area (Å²) < 4.78 is 0. The zero-order valence-corrected chi connectivity index (χ0v) is 10.8. The van der Waals surface area contributed by atoms with Gasteiger partial charge < -0.3 is 16.4 Å². The molecule has 1 fully saturated rings. The lowest BCUT2D eigenvalue weighted by Crippen LogP contribution is -2.39. The molecular weight excluding hydrogens is 216 g/mol. The molecule has 17 heavy (non-hydrogen) atoms. The van der Waals surface area contributed by atoms with Gasteiger partial charge in [0, 0.05) is 25.6 Å². The highest BCUT2D eigenvalue weighted by Gasteiger charge is 2.16. The Balaban J connectivity index is 2.02. The normalized spacial score (nSPS) is 16.8. The Bertz CT molecular complexity index is 272. The van der Waals surface area contributed by atoms with Crippen molar-refractivity contribution in [3.8, 4) is 0 Å². The molecule has 0 radical (unpaired) electrons. The van der Waals surface area contributed by atoms with E-state index in [1.54, 1.807) is 0 Å². The molecule has 4 N–H and O–H groups in total. The second-order valence-corrected chi connectivity index (χ2v) is 4.90. The summed E-state index contributed by atoms with van der Waals surface area (Å²) >= 11 is 0. The average molecular weight is 240 g/mol. The summed E-state index contributed by atoms with van der Waals surface area (Å²) in [6.45, 7) is 5.78. The average Bonchev–Trinajstić information content (AvgIpc) is 2.21. The molecule has 0 saturated heterocycles. The lowest BCUT2D eigenvalue weighted by Gasteiger charge is -2.23. The van der Waals surface area contributed by atoms with E-state index >= 15 is 0 Å². The second kappa shape index (κ2) is 7.14. The molecule has 0 aromatic carbocycles. The number of hydrogen-bond acceptors (Lipinski definition) is 2. The SMILES string of the molecule is CC(C)C(=O)NCCNC(N)=NCC1CCC1. The first-order chi connectivity index (χ1) is 8.09. The number of nitrogens with zero attached hydrogens (tertiary/aromatic N) is 1. The predicted molar refractivity (Wildman–Crippen MR) is 69.7 cm³/mol. The number of guanidine groups is 1. The molecule has 0 atom stereocenters. The van der Waals surface area contributed by atoms with Gasteiger partial charge in [-0.1, -0.05) is 20.3 Å². The molecular formula is C12H24N4O. The first-order valence-electron chi connectivity index (χ1n) is 6.41. The molecule has 0 aromatic heterocycles. The third-order valence-corrected chi connectivity index (χ3v) is 3.00. The van der Waals surface area contributed by atoms with Gasteiger partial charge in [0.15, 0.2) is 5.96 Å². The third kappa shape index (κ3) is 5.56. The van der Waals surface area contributed by atoms with Crippen LogP contribution in [0.15, 0.2) is 4.99 Å². The Labute approximate surface area is 103 Å². The summed E-state index contributed by atoms with van der Waals surface area (Å²) in [6.07, 6.45) is 3.89. The minimum atomic E-state index is 0.0274. The van der Waals surface area contributed by atoms with Crippen LogP contribution in [-0.2, 0) is 4.79 Å². The molecule has 0 spiro atoms. The topological polar surface area (TPSA) is 79.5 Å². The predicted octanol–water partition coefficient (Wildman–Crippen LogP) is 0.463. The minimum Gasteiger partial charge on any atom is -0.370 e. The lowest BCUT2D eigenvalue weighted by atomic mass is 9.86. The van der Waals surface area contributed by atoms with Crippen LogP contribution in [0.5, 0.6) is 0 Å². The molecule has 98 valence electrons. The monoisotopic (exact) mass is 240 g/mol. The molecule has 0 bridgehead atoms. The number of aliphatic imine (C=N–C) groups is 1. The highest BCUT2D eigenvalue weighted by Crippen LogP contribution is 2.26. The highest BCUT2D eigenvalue weighted by molar-refractivity contribution is 5.79. The molecule has 5 nitrogen and oxygen atoms in total. The largest absolute Gasteiger partial charge is 0.370 e. The number of amides is 1. The van der Waals surface area contributed by atoms with Gasteiger partial charge in [-0.15, -0.1) is 0 Å². The first-order valence-corrected chi connectivity index (χ1v) is 6.41. The van der Waals surface area contributed by atoms with Crippen molar-refractivity contribution in [1.29, 1.82) is 0 Å². The van der Waals surface area contributed by atoms with Crippen LogP contribution in [0.1, 0.15) is 33.1 Å². The van der Waals surface area contributed by atoms with Gasteiger partial charge >= 0.3 is 0 Å². The van der Waals surface area contributed by atoms with Gasteiger partial charge in [0.25, 0.3) is 0 Å². The van der Waals surface area contributed by atoms with Crippen LogP contribution in [0.2, 0.25) is 0 Å². The molecule has 1 rings (SSSR count). The van der Waals surface area contributed by atoms with Crippen LogP contribution in [0.25, 0.3) is 0 Å². The maximum atomic E-state index is 11.2. The fourth-order valence-electron chi connectivity index (χ4n) is 1.54. The molecule has 0 heterocycles. The summed E-state index contributed by atoms with van der Waals surface area (Å²) in [5.41, 5.74) is 5.70. The summed E-state index contributed by atoms with van der Waals surface area (Å²) in [5, 5.41) is 5.81. The van der Waals surface area contributed by atoms with E-state index < -0.39 is 0 Å². The summed E-state index contributed by atoms with van der Waals surface area (Å²) in [4.78, 5) is 15.5. The number of nitrogens with one attached hydrogen (secondary N) is 2. The van der Waals surface area contributed by atoms with Gasteiger partial charge in [0.2, 0.25) is 5.91 Å². The Morgan fingerprint density at radius 2 is 2.00 bits per heavy atom. The fraction of sp³-hybridized carbons (Fsp3) is 0.833. The molecule has 1 amide bonds. The number of carbonyl (C=O) groups excluding carboxylic acids is 1. The number of carbonyl (C=O) groups is 1. The summed E-state index contributed by atoms with van der Waals surface area (Å²) in [5.74, 6) is 1.31. The van der Waals surface area contributed by atoms with Gasteiger partial charge in [0.1, 0.15) is 0 Å². The van der Waals surface area contributed by atoms with Crippen molar-refractivity contribution in [3.05, 3.63) is 0 Å². The van der Waals surface area contributed by atoms with Gasteiger partial charge in [-0.2, -0.15) is 0 Å². The van der Waals surface area contributed by atoms with E-state index in [1.807, 2.05) is 13.8 Å². The van der Waals surface area contributed by atoms with E-state index in [4.69, 9.17) is 5.73 Å². The Kier molecular flexibility index (Phi) is 5.80. The van der Waals surface area contributed by atoms with Crippen LogP contribution < -0.4 is 16.4 Å². The smallest absolute Gasteiger partial charge is 0.222 e. The number of nitrogens with two attached hydrogens (primary N) is 1. The number of hydrogen-bond donors (Lipinski definition) is 3. The van der Waals surface area contributed by atoms with Crippen molar-refractivity contribution in [2.24, 2.45) is 22.6 Å². The Morgan fingerprint density at radius 3 is 2.53 bits per heavy atom. The van der Waals surface area contributed by atoms with Gasteiger partial charge in [0.05, 0.1) is 0 Å². The first kappa shape index (κ1) is 13.8.